The molecule has 47 heavy (non-hydrogen) atoms. The van der Waals surface area contributed by atoms with Crippen molar-refractivity contribution in [1.82, 2.24) is 0 Å². The number of hydrogen-bond acceptors (Lipinski definition) is 0. The molecule has 0 N–H and O–H groups in total. The molecule has 7 aromatic rings. The van der Waals surface area contributed by atoms with Gasteiger partial charge in [-0.05, 0) is 52.8 Å². The van der Waals surface area contributed by atoms with Gasteiger partial charge in [0.1, 0.15) is 0 Å². The molecule has 0 saturated carbocycles. The van der Waals surface area contributed by atoms with Gasteiger partial charge in [0.2, 0.25) is 0 Å². The van der Waals surface area contributed by atoms with Gasteiger partial charge in [-0.15, -0.1) is 93.4 Å². The SMILES string of the molecule is Cc1cc2c(-c3cccc4ccccc34)ccc(C)c2[cH-]1.Cc1cccc(C)c1-c1cccc2[cH-]c(C(C)C)cc12.Cl.Cl.[CH3-].[CH3-].[Si]=[Zr]. The van der Waals surface area contributed by atoms with Crippen LogP contribution in [0.4, 0.5) is 0 Å². The van der Waals surface area contributed by atoms with E-state index in [4.69, 9.17) is 0 Å². The van der Waals surface area contributed by atoms with Crippen LogP contribution in [0.5, 0.6) is 0 Å². The van der Waals surface area contributed by atoms with Gasteiger partial charge in [-0.1, -0.05) is 112 Å². The predicted octanol–water partition coefficient (Wildman–Crippen LogP) is 13.3. The molecule has 0 unspecified atom stereocenters. The van der Waals surface area contributed by atoms with E-state index in [-0.39, 0.29) is 39.7 Å². The van der Waals surface area contributed by atoms with E-state index < -0.39 is 0 Å². The number of benzene rings is 5. The predicted molar refractivity (Wildman–Crippen MR) is 214 cm³/mol. The molecule has 0 fully saturated rings. The molecule has 0 heterocycles. The molecule has 0 nitrogen and oxygen atoms in total. The van der Waals surface area contributed by atoms with Crippen LogP contribution in [0.15, 0.2) is 115 Å². The van der Waals surface area contributed by atoms with Crippen LogP contribution in [0.25, 0.3) is 54.6 Å². The average Bonchev–Trinajstić information content (AvgIpc) is 3.63. The van der Waals surface area contributed by atoms with Crippen LogP contribution in [0, 0.1) is 42.5 Å². The standard InChI is InChI=1S/C21H17.C20H21.2CH3.2ClH.Si.Zr/c1-14-12-20-15(2)10-11-19(21(20)13-14)18-9-5-7-16-6-3-4-8-17(16)18;1-13(2)17-11-16-9-6-10-18(19(16)12-17)20-14(3)7-5-8-15(20)4;;;;;;/h3-13H,1-2H3;5-13H,1-4H3;2*1H3;2*1H;;/q4*-1;;;;. The Balaban J connectivity index is 0.000000414. The van der Waals surface area contributed by atoms with Gasteiger partial charge in [0.15, 0.2) is 0 Å². The summed E-state index contributed by atoms with van der Waals surface area (Å²) >= 11 is 1.36. The van der Waals surface area contributed by atoms with Gasteiger partial charge in [-0.3, -0.25) is 0 Å². The quantitative estimate of drug-likeness (QED) is 0.125. The van der Waals surface area contributed by atoms with Gasteiger partial charge in [0.05, 0.1) is 0 Å². The van der Waals surface area contributed by atoms with E-state index >= 15 is 0 Å². The summed E-state index contributed by atoms with van der Waals surface area (Å²) in [6.07, 6.45) is 0. The normalized spacial score (nSPS) is 10.0. The topological polar surface area (TPSA) is 0 Å². The fraction of sp³-hybridized carbons (Fsp3) is 0.163. The Morgan fingerprint density at radius 3 is 1.81 bits per heavy atom. The molecule has 0 aliphatic heterocycles. The van der Waals surface area contributed by atoms with Crippen molar-refractivity contribution in [3.05, 3.63) is 158 Å². The zero-order valence-electron chi connectivity index (χ0n) is 28.9. The molecule has 0 saturated heterocycles. The van der Waals surface area contributed by atoms with Gasteiger partial charge in [0.25, 0.3) is 0 Å². The second-order valence-corrected chi connectivity index (χ2v) is 11.8. The summed E-state index contributed by atoms with van der Waals surface area (Å²) < 4.78 is 0. The molecule has 0 amide bonds. The van der Waals surface area contributed by atoms with E-state index in [1.807, 2.05) is 0 Å². The molecule has 0 aliphatic rings. The average molecular weight is 753 g/mol. The van der Waals surface area contributed by atoms with Crippen molar-refractivity contribution in [1.29, 1.82) is 0 Å². The Morgan fingerprint density at radius 1 is 0.553 bits per heavy atom. The number of rotatable bonds is 3. The molecule has 0 atom stereocenters. The summed E-state index contributed by atoms with van der Waals surface area (Å²) in [6, 6.07) is 42.2. The Hall–Kier alpha value is -2.74. The molecule has 0 spiro atoms. The minimum atomic E-state index is 0. The zero-order chi connectivity index (χ0) is 30.7. The summed E-state index contributed by atoms with van der Waals surface area (Å²) in [7, 11) is 0. The summed E-state index contributed by atoms with van der Waals surface area (Å²) in [5, 5.41) is 8.10. The fourth-order valence-electron chi connectivity index (χ4n) is 6.33. The van der Waals surface area contributed by atoms with Gasteiger partial charge in [0, 0.05) is 0 Å². The van der Waals surface area contributed by atoms with Crippen LogP contribution in [0.1, 0.15) is 47.6 Å². The van der Waals surface area contributed by atoms with Crippen LogP contribution in [0.3, 0.4) is 0 Å². The summed E-state index contributed by atoms with van der Waals surface area (Å²) in [4.78, 5) is 0. The molecule has 7 rings (SSSR count). The summed E-state index contributed by atoms with van der Waals surface area (Å²) in [5.74, 6) is 0.577. The van der Waals surface area contributed by atoms with Crippen molar-refractivity contribution >= 4 is 64.0 Å². The van der Waals surface area contributed by atoms with E-state index in [1.165, 1.54) is 106 Å². The van der Waals surface area contributed by atoms with Crippen LogP contribution in [0.2, 0.25) is 0 Å². The maximum absolute atomic E-state index is 3.06. The molecule has 4 heteroatoms. The minimum absolute atomic E-state index is 0. The molecule has 0 aromatic heterocycles. The molecule has 0 aliphatic carbocycles. The summed E-state index contributed by atoms with van der Waals surface area (Å²) in [6.45, 7) is 16.3. The Kier molecular flexibility index (Phi) is 16.8. The first-order valence-electron chi connectivity index (χ1n) is 15.0. The van der Waals surface area contributed by atoms with Crippen molar-refractivity contribution in [3.63, 3.8) is 0 Å². The Morgan fingerprint density at radius 2 is 1.13 bits per heavy atom. The van der Waals surface area contributed by atoms with Gasteiger partial charge < -0.3 is 14.9 Å². The third-order valence-electron chi connectivity index (χ3n) is 8.52. The van der Waals surface area contributed by atoms with Gasteiger partial charge in [-0.25, -0.2) is 0 Å². The van der Waals surface area contributed by atoms with Crippen LogP contribution in [-0.4, -0.2) is 6.88 Å². The molecule has 2 radical (unpaired) electrons. The van der Waals surface area contributed by atoms with E-state index in [0.29, 0.717) is 5.92 Å². The molecule has 244 valence electrons. The van der Waals surface area contributed by atoms with Crippen LogP contribution in [-0.2, 0) is 23.3 Å². The van der Waals surface area contributed by atoms with E-state index in [1.54, 1.807) is 0 Å². The first kappa shape index (κ1) is 42.3. The maximum atomic E-state index is 3.06. The number of fused-ring (bicyclic) bond motifs is 3. The van der Waals surface area contributed by atoms with Crippen molar-refractivity contribution in [2.45, 2.75) is 47.5 Å². The monoisotopic (exact) mass is 750 g/mol. The van der Waals surface area contributed by atoms with Crippen molar-refractivity contribution in [2.75, 3.05) is 0 Å². The first-order valence-corrected chi connectivity index (χ1v) is 19.2. The molecule has 7 aromatic carbocycles. The first-order chi connectivity index (χ1) is 20.8. The zero-order valence-corrected chi connectivity index (χ0v) is 34.0. The van der Waals surface area contributed by atoms with E-state index in [0.717, 1.165) is 0 Å². The van der Waals surface area contributed by atoms with Crippen molar-refractivity contribution in [3.8, 4) is 22.3 Å². The molecule has 0 bridgehead atoms. The summed E-state index contributed by atoms with van der Waals surface area (Å²) in [5.41, 5.74) is 12.2. The van der Waals surface area contributed by atoms with E-state index in [2.05, 4.69) is 164 Å². The Bertz CT molecular complexity index is 2020. The van der Waals surface area contributed by atoms with Crippen LogP contribution < -0.4 is 0 Å². The van der Waals surface area contributed by atoms with Gasteiger partial charge >= 0.3 is 30.2 Å². The van der Waals surface area contributed by atoms with Crippen molar-refractivity contribution < 1.29 is 23.3 Å². The van der Waals surface area contributed by atoms with Crippen molar-refractivity contribution in [2.24, 2.45) is 0 Å². The van der Waals surface area contributed by atoms with Crippen LogP contribution >= 0.6 is 24.8 Å². The number of hydrogen-bond donors (Lipinski definition) is 0. The molecular weight excluding hydrogens is 707 g/mol. The fourth-order valence-corrected chi connectivity index (χ4v) is 6.33. The second-order valence-electron chi connectivity index (χ2n) is 11.8. The number of aryl methyl sites for hydroxylation is 4. The third kappa shape index (κ3) is 8.84. The van der Waals surface area contributed by atoms with Gasteiger partial charge in [-0.2, -0.15) is 12.1 Å². The number of halogens is 2. The Labute approximate surface area is 312 Å². The third-order valence-corrected chi connectivity index (χ3v) is 8.52. The molecular formula is C43H46Cl2SiZr-4. The van der Waals surface area contributed by atoms with E-state index in [9.17, 15) is 0 Å². The second kappa shape index (κ2) is 18.7.